The number of carbonyl (C=O) groups excluding carboxylic acids is 2. The van der Waals surface area contributed by atoms with Gasteiger partial charge in [-0.2, -0.15) is 0 Å². The molecule has 132 valence electrons. The highest BCUT2D eigenvalue weighted by molar-refractivity contribution is 6.01. The molecule has 0 spiro atoms. The molecular formula is C20H22O5. The summed E-state index contributed by atoms with van der Waals surface area (Å²) in [6.45, 7) is 6.13. The van der Waals surface area contributed by atoms with Crippen LogP contribution in [0.25, 0.3) is 5.76 Å². The number of rotatable bonds is 4. The SMILES string of the molecule is CCOC(=O)C1=C(CC)OC(c2ccccc2)=C2C(=O)OCC2(C)C1. The van der Waals surface area contributed by atoms with Crippen LogP contribution in [0, 0.1) is 5.41 Å². The molecular weight excluding hydrogens is 320 g/mol. The third kappa shape index (κ3) is 3.06. The van der Waals surface area contributed by atoms with E-state index in [2.05, 4.69) is 0 Å². The molecule has 1 aromatic rings. The Kier molecular flexibility index (Phi) is 4.66. The minimum Gasteiger partial charge on any atom is -0.463 e. The lowest BCUT2D eigenvalue weighted by molar-refractivity contribution is -0.139. The van der Waals surface area contributed by atoms with Crippen LogP contribution in [0.5, 0.6) is 0 Å². The Hall–Kier alpha value is -2.56. The molecule has 1 unspecified atom stereocenters. The van der Waals surface area contributed by atoms with Crippen LogP contribution in [0.1, 0.15) is 39.2 Å². The summed E-state index contributed by atoms with van der Waals surface area (Å²) in [6, 6.07) is 9.44. The van der Waals surface area contributed by atoms with Crippen LogP contribution in [0.3, 0.4) is 0 Å². The Balaban J connectivity index is 2.17. The number of cyclic esters (lactones) is 1. The first-order chi connectivity index (χ1) is 12.0. The summed E-state index contributed by atoms with van der Waals surface area (Å²) in [5.74, 6) is 0.241. The second-order valence-electron chi connectivity index (χ2n) is 6.46. The van der Waals surface area contributed by atoms with Gasteiger partial charge in [-0.15, -0.1) is 0 Å². The first kappa shape index (κ1) is 17.3. The highest BCUT2D eigenvalue weighted by Crippen LogP contribution is 2.48. The molecule has 2 aliphatic rings. The van der Waals surface area contributed by atoms with Gasteiger partial charge in [0.2, 0.25) is 0 Å². The van der Waals surface area contributed by atoms with Crippen LogP contribution in [0.2, 0.25) is 0 Å². The Labute approximate surface area is 147 Å². The van der Waals surface area contributed by atoms with Crippen molar-refractivity contribution in [1.29, 1.82) is 0 Å². The van der Waals surface area contributed by atoms with Crippen molar-refractivity contribution in [3.05, 3.63) is 52.8 Å². The molecule has 0 N–H and O–H groups in total. The molecule has 2 heterocycles. The van der Waals surface area contributed by atoms with E-state index in [1.165, 1.54) is 0 Å². The van der Waals surface area contributed by atoms with Crippen LogP contribution >= 0.6 is 0 Å². The van der Waals surface area contributed by atoms with Crippen molar-refractivity contribution < 1.29 is 23.8 Å². The van der Waals surface area contributed by atoms with Crippen molar-refractivity contribution in [1.82, 2.24) is 0 Å². The van der Waals surface area contributed by atoms with Crippen LogP contribution in [-0.4, -0.2) is 25.2 Å². The molecule has 1 saturated heterocycles. The average molecular weight is 342 g/mol. The second-order valence-corrected chi connectivity index (χ2v) is 6.46. The molecule has 25 heavy (non-hydrogen) atoms. The standard InChI is InChI=1S/C20H22O5/c1-4-15-14(18(21)23-5-2)11-20(3)12-24-19(22)16(20)17(25-15)13-9-7-6-8-10-13/h6-10H,4-5,11-12H2,1-3H3. The van der Waals surface area contributed by atoms with Gasteiger partial charge in [-0.3, -0.25) is 0 Å². The maximum atomic E-state index is 12.5. The second kappa shape index (κ2) is 6.75. The summed E-state index contributed by atoms with van der Waals surface area (Å²) in [6.07, 6.45) is 0.884. The summed E-state index contributed by atoms with van der Waals surface area (Å²) in [5.41, 5.74) is 1.14. The third-order valence-corrected chi connectivity index (χ3v) is 4.56. The van der Waals surface area contributed by atoms with Gasteiger partial charge in [-0.05, 0) is 13.3 Å². The lowest BCUT2D eigenvalue weighted by atomic mass is 9.78. The molecule has 1 atom stereocenters. The number of benzene rings is 1. The zero-order valence-corrected chi connectivity index (χ0v) is 14.8. The molecule has 5 nitrogen and oxygen atoms in total. The van der Waals surface area contributed by atoms with Gasteiger partial charge in [0.15, 0.2) is 0 Å². The quantitative estimate of drug-likeness (QED) is 0.782. The largest absolute Gasteiger partial charge is 0.463 e. The van der Waals surface area contributed by atoms with Crippen molar-refractivity contribution in [2.75, 3.05) is 13.2 Å². The Morgan fingerprint density at radius 1 is 1.24 bits per heavy atom. The van der Waals surface area contributed by atoms with Gasteiger partial charge in [-0.25, -0.2) is 9.59 Å². The highest BCUT2D eigenvalue weighted by Gasteiger charge is 2.48. The monoisotopic (exact) mass is 342 g/mol. The number of allylic oxidation sites excluding steroid dienone is 1. The van der Waals surface area contributed by atoms with E-state index in [1.807, 2.05) is 44.2 Å². The van der Waals surface area contributed by atoms with E-state index in [4.69, 9.17) is 14.2 Å². The van der Waals surface area contributed by atoms with Crippen molar-refractivity contribution in [3.8, 4) is 0 Å². The highest BCUT2D eigenvalue weighted by atomic mass is 16.5. The lowest BCUT2D eigenvalue weighted by Gasteiger charge is -2.21. The van der Waals surface area contributed by atoms with E-state index in [1.54, 1.807) is 6.92 Å². The number of carbonyl (C=O) groups is 2. The Morgan fingerprint density at radius 2 is 1.96 bits per heavy atom. The predicted molar refractivity (Wildman–Crippen MR) is 92.1 cm³/mol. The van der Waals surface area contributed by atoms with E-state index in [0.717, 1.165) is 5.56 Å². The van der Waals surface area contributed by atoms with E-state index < -0.39 is 11.4 Å². The average Bonchev–Trinajstić information content (AvgIpc) is 2.83. The van der Waals surface area contributed by atoms with Crippen molar-refractivity contribution >= 4 is 17.7 Å². The predicted octanol–water partition coefficient (Wildman–Crippen LogP) is 3.61. The van der Waals surface area contributed by atoms with Crippen LogP contribution in [0.15, 0.2) is 47.2 Å². The molecule has 2 aliphatic heterocycles. The summed E-state index contributed by atoms with van der Waals surface area (Å²) < 4.78 is 16.7. The number of hydrogen-bond donors (Lipinski definition) is 0. The maximum absolute atomic E-state index is 12.5. The summed E-state index contributed by atoms with van der Waals surface area (Å²) in [5, 5.41) is 0. The molecule has 3 rings (SSSR count). The van der Waals surface area contributed by atoms with Crippen molar-refractivity contribution in [3.63, 3.8) is 0 Å². The van der Waals surface area contributed by atoms with Gasteiger partial charge < -0.3 is 14.2 Å². The lowest BCUT2D eigenvalue weighted by Crippen LogP contribution is -2.23. The van der Waals surface area contributed by atoms with Crippen molar-refractivity contribution in [2.45, 2.75) is 33.6 Å². The van der Waals surface area contributed by atoms with Gasteiger partial charge >= 0.3 is 11.9 Å². The zero-order chi connectivity index (χ0) is 18.0. The van der Waals surface area contributed by atoms with E-state index in [0.29, 0.717) is 35.5 Å². The Bertz CT molecular complexity index is 760. The van der Waals surface area contributed by atoms with Gasteiger partial charge in [-0.1, -0.05) is 44.2 Å². The minimum atomic E-state index is -0.624. The smallest absolute Gasteiger partial charge is 0.338 e. The number of ether oxygens (including phenoxy) is 3. The van der Waals surface area contributed by atoms with Crippen LogP contribution in [-0.2, 0) is 23.8 Å². The van der Waals surface area contributed by atoms with Gasteiger partial charge in [0.25, 0.3) is 0 Å². The molecule has 0 amide bonds. The third-order valence-electron chi connectivity index (χ3n) is 4.56. The summed E-state index contributed by atoms with van der Waals surface area (Å²) in [4.78, 5) is 24.9. The fourth-order valence-corrected chi connectivity index (χ4v) is 3.33. The molecule has 1 aromatic carbocycles. The first-order valence-electron chi connectivity index (χ1n) is 8.54. The minimum absolute atomic E-state index is 0.223. The fourth-order valence-electron chi connectivity index (χ4n) is 3.33. The van der Waals surface area contributed by atoms with Crippen molar-refractivity contribution in [2.24, 2.45) is 5.41 Å². The number of hydrogen-bond acceptors (Lipinski definition) is 5. The van der Waals surface area contributed by atoms with Gasteiger partial charge in [0.05, 0.1) is 17.8 Å². The van der Waals surface area contributed by atoms with E-state index in [-0.39, 0.29) is 19.2 Å². The Morgan fingerprint density at radius 3 is 2.60 bits per heavy atom. The van der Waals surface area contributed by atoms with Crippen LogP contribution in [0.4, 0.5) is 0 Å². The number of fused-ring (bicyclic) bond motifs is 1. The molecule has 1 fully saturated rings. The van der Waals surface area contributed by atoms with Crippen LogP contribution < -0.4 is 0 Å². The topological polar surface area (TPSA) is 61.8 Å². The summed E-state index contributed by atoms with van der Waals surface area (Å²) >= 11 is 0. The first-order valence-corrected chi connectivity index (χ1v) is 8.54. The molecule has 0 bridgehead atoms. The molecule has 0 aromatic heterocycles. The normalized spacial score (nSPS) is 22.9. The fraction of sp³-hybridized carbons (Fsp3) is 0.400. The van der Waals surface area contributed by atoms with Gasteiger partial charge in [0.1, 0.15) is 18.1 Å². The molecule has 0 aliphatic carbocycles. The zero-order valence-electron chi connectivity index (χ0n) is 14.8. The van der Waals surface area contributed by atoms with Gasteiger partial charge in [0, 0.05) is 17.4 Å². The summed E-state index contributed by atoms with van der Waals surface area (Å²) in [7, 11) is 0. The molecule has 5 heteroatoms. The van der Waals surface area contributed by atoms with E-state index >= 15 is 0 Å². The maximum Gasteiger partial charge on any atom is 0.338 e. The number of esters is 2. The molecule has 0 radical (unpaired) electrons. The molecule has 0 saturated carbocycles. The van der Waals surface area contributed by atoms with E-state index in [9.17, 15) is 9.59 Å².